The summed E-state index contributed by atoms with van der Waals surface area (Å²) in [6.45, 7) is 1.71. The summed E-state index contributed by atoms with van der Waals surface area (Å²) in [6.07, 6.45) is 1.35. The fourth-order valence-corrected chi connectivity index (χ4v) is 1.75. The molecule has 0 bridgehead atoms. The molecule has 0 aromatic heterocycles. The Bertz CT molecular complexity index is 361. The Labute approximate surface area is 101 Å². The second-order valence-corrected chi connectivity index (χ2v) is 4.33. The Morgan fingerprint density at radius 3 is 2.41 bits per heavy atom. The highest BCUT2D eigenvalue weighted by molar-refractivity contribution is 5.69. The molecular weight excluding hydrogens is 218 g/mol. The van der Waals surface area contributed by atoms with Crippen molar-refractivity contribution in [3.05, 3.63) is 29.8 Å². The SMILES string of the molecule is CN[C@@H](Cc1ccc(O)cc1)C[C@H](C)C(=O)O. The summed E-state index contributed by atoms with van der Waals surface area (Å²) in [4.78, 5) is 10.8. The van der Waals surface area contributed by atoms with Gasteiger partial charge in [-0.2, -0.15) is 0 Å². The highest BCUT2D eigenvalue weighted by Gasteiger charge is 2.17. The molecule has 0 saturated carbocycles. The van der Waals surface area contributed by atoms with Crippen molar-refractivity contribution in [2.45, 2.75) is 25.8 Å². The third-order valence-corrected chi connectivity index (χ3v) is 2.89. The van der Waals surface area contributed by atoms with Crippen LogP contribution < -0.4 is 5.32 Å². The van der Waals surface area contributed by atoms with E-state index < -0.39 is 5.97 Å². The number of carboxylic acid groups (broad SMARTS) is 1. The van der Waals surface area contributed by atoms with Crippen LogP contribution in [0.4, 0.5) is 0 Å². The predicted molar refractivity (Wildman–Crippen MR) is 66.1 cm³/mol. The standard InChI is InChI=1S/C13H19NO3/c1-9(13(16)17)7-11(14-2)8-10-3-5-12(15)6-4-10/h3-6,9,11,14-15H,7-8H2,1-2H3,(H,16,17)/t9-,11+/m0/s1. The molecule has 0 unspecified atom stereocenters. The van der Waals surface area contributed by atoms with E-state index >= 15 is 0 Å². The van der Waals surface area contributed by atoms with Crippen LogP contribution in [0.5, 0.6) is 5.75 Å². The Kier molecular flexibility index (Phi) is 4.97. The molecule has 0 aliphatic heterocycles. The van der Waals surface area contributed by atoms with Crippen molar-refractivity contribution in [1.82, 2.24) is 5.32 Å². The van der Waals surface area contributed by atoms with Crippen molar-refractivity contribution in [2.75, 3.05) is 7.05 Å². The van der Waals surface area contributed by atoms with E-state index in [4.69, 9.17) is 5.11 Å². The smallest absolute Gasteiger partial charge is 0.306 e. The summed E-state index contributed by atoms with van der Waals surface area (Å²) >= 11 is 0. The largest absolute Gasteiger partial charge is 0.508 e. The van der Waals surface area contributed by atoms with E-state index in [0.717, 1.165) is 12.0 Å². The van der Waals surface area contributed by atoms with Crippen LogP contribution in [0.25, 0.3) is 0 Å². The van der Waals surface area contributed by atoms with Gasteiger partial charge in [0.25, 0.3) is 0 Å². The number of aliphatic carboxylic acids is 1. The average molecular weight is 237 g/mol. The monoisotopic (exact) mass is 237 g/mol. The van der Waals surface area contributed by atoms with Crippen LogP contribution in [-0.2, 0) is 11.2 Å². The first-order valence-corrected chi connectivity index (χ1v) is 5.71. The summed E-state index contributed by atoms with van der Waals surface area (Å²) < 4.78 is 0. The van der Waals surface area contributed by atoms with Crippen molar-refractivity contribution in [3.63, 3.8) is 0 Å². The maximum absolute atomic E-state index is 10.8. The molecule has 0 amide bonds. The number of hydrogen-bond acceptors (Lipinski definition) is 3. The van der Waals surface area contributed by atoms with Crippen LogP contribution in [0.2, 0.25) is 0 Å². The third-order valence-electron chi connectivity index (χ3n) is 2.89. The molecule has 4 nitrogen and oxygen atoms in total. The minimum atomic E-state index is -0.768. The number of phenols is 1. The van der Waals surface area contributed by atoms with E-state index in [1.807, 2.05) is 19.2 Å². The number of carboxylic acids is 1. The zero-order valence-electron chi connectivity index (χ0n) is 10.2. The van der Waals surface area contributed by atoms with Gasteiger partial charge in [0, 0.05) is 6.04 Å². The van der Waals surface area contributed by atoms with E-state index in [-0.39, 0.29) is 17.7 Å². The molecule has 0 heterocycles. The Balaban J connectivity index is 2.57. The number of nitrogens with one attached hydrogen (secondary N) is 1. The molecule has 0 spiro atoms. The molecule has 0 aliphatic carbocycles. The summed E-state index contributed by atoms with van der Waals surface area (Å²) in [7, 11) is 1.83. The number of aromatic hydroxyl groups is 1. The molecule has 17 heavy (non-hydrogen) atoms. The molecule has 0 radical (unpaired) electrons. The van der Waals surface area contributed by atoms with Gasteiger partial charge in [0.2, 0.25) is 0 Å². The lowest BCUT2D eigenvalue weighted by Gasteiger charge is -2.18. The molecule has 2 atom stereocenters. The van der Waals surface area contributed by atoms with Crippen LogP contribution in [-0.4, -0.2) is 29.3 Å². The number of benzene rings is 1. The van der Waals surface area contributed by atoms with Crippen LogP contribution in [0.1, 0.15) is 18.9 Å². The zero-order chi connectivity index (χ0) is 12.8. The van der Waals surface area contributed by atoms with E-state index in [1.165, 1.54) is 0 Å². The Morgan fingerprint density at radius 1 is 1.35 bits per heavy atom. The lowest BCUT2D eigenvalue weighted by atomic mass is 9.96. The number of phenolic OH excluding ortho intramolecular Hbond substituents is 1. The van der Waals surface area contributed by atoms with Gasteiger partial charge in [0.15, 0.2) is 0 Å². The van der Waals surface area contributed by atoms with Crippen LogP contribution in [0, 0.1) is 5.92 Å². The van der Waals surface area contributed by atoms with Crippen LogP contribution >= 0.6 is 0 Å². The second-order valence-electron chi connectivity index (χ2n) is 4.33. The molecule has 0 fully saturated rings. The van der Waals surface area contributed by atoms with Crippen molar-refractivity contribution in [1.29, 1.82) is 0 Å². The predicted octanol–water partition coefficient (Wildman–Crippen LogP) is 1.63. The normalized spacial score (nSPS) is 14.2. The van der Waals surface area contributed by atoms with E-state index in [9.17, 15) is 9.90 Å². The van der Waals surface area contributed by atoms with Crippen LogP contribution in [0.3, 0.4) is 0 Å². The van der Waals surface area contributed by atoms with Gasteiger partial charge in [-0.1, -0.05) is 19.1 Å². The van der Waals surface area contributed by atoms with E-state index in [2.05, 4.69) is 5.32 Å². The first-order valence-electron chi connectivity index (χ1n) is 5.71. The number of carbonyl (C=O) groups is 1. The number of likely N-dealkylation sites (N-methyl/N-ethyl adjacent to an activating group) is 1. The van der Waals surface area contributed by atoms with Crippen molar-refractivity contribution >= 4 is 5.97 Å². The van der Waals surface area contributed by atoms with Crippen molar-refractivity contribution < 1.29 is 15.0 Å². The molecule has 3 N–H and O–H groups in total. The van der Waals surface area contributed by atoms with Gasteiger partial charge in [0.05, 0.1) is 5.92 Å². The van der Waals surface area contributed by atoms with Gasteiger partial charge >= 0.3 is 5.97 Å². The maximum Gasteiger partial charge on any atom is 0.306 e. The average Bonchev–Trinajstić information content (AvgIpc) is 2.30. The van der Waals surface area contributed by atoms with Crippen molar-refractivity contribution in [2.24, 2.45) is 5.92 Å². The highest BCUT2D eigenvalue weighted by atomic mass is 16.4. The van der Waals surface area contributed by atoms with Crippen molar-refractivity contribution in [3.8, 4) is 5.75 Å². The molecule has 1 aromatic carbocycles. The fraction of sp³-hybridized carbons (Fsp3) is 0.462. The second kappa shape index (κ2) is 6.25. The number of rotatable bonds is 6. The molecule has 0 aliphatic rings. The molecule has 1 rings (SSSR count). The first kappa shape index (κ1) is 13.5. The number of hydrogen-bond donors (Lipinski definition) is 3. The Hall–Kier alpha value is -1.55. The quantitative estimate of drug-likeness (QED) is 0.703. The van der Waals surface area contributed by atoms with Gasteiger partial charge in [-0.25, -0.2) is 0 Å². The molecule has 1 aromatic rings. The highest BCUT2D eigenvalue weighted by Crippen LogP contribution is 2.14. The minimum Gasteiger partial charge on any atom is -0.508 e. The van der Waals surface area contributed by atoms with E-state index in [1.54, 1.807) is 19.1 Å². The van der Waals surface area contributed by atoms with Crippen LogP contribution in [0.15, 0.2) is 24.3 Å². The van der Waals surface area contributed by atoms with Gasteiger partial charge < -0.3 is 15.5 Å². The van der Waals surface area contributed by atoms with E-state index in [0.29, 0.717) is 6.42 Å². The third kappa shape index (κ3) is 4.44. The topological polar surface area (TPSA) is 69.6 Å². The molecule has 0 saturated heterocycles. The van der Waals surface area contributed by atoms with Gasteiger partial charge in [0.1, 0.15) is 5.75 Å². The maximum atomic E-state index is 10.8. The summed E-state index contributed by atoms with van der Waals surface area (Å²) in [6, 6.07) is 7.12. The summed E-state index contributed by atoms with van der Waals surface area (Å²) in [5.41, 5.74) is 1.08. The lowest BCUT2D eigenvalue weighted by molar-refractivity contribution is -0.141. The van der Waals surface area contributed by atoms with Gasteiger partial charge in [-0.05, 0) is 37.6 Å². The Morgan fingerprint density at radius 2 is 1.94 bits per heavy atom. The zero-order valence-corrected chi connectivity index (χ0v) is 10.2. The summed E-state index contributed by atoms with van der Waals surface area (Å²) in [5.74, 6) is -0.880. The lowest BCUT2D eigenvalue weighted by Crippen LogP contribution is -2.31. The molecule has 94 valence electrons. The summed E-state index contributed by atoms with van der Waals surface area (Å²) in [5, 5.41) is 21.2. The molecular formula is C13H19NO3. The fourth-order valence-electron chi connectivity index (χ4n) is 1.75. The first-order chi connectivity index (χ1) is 8.02. The van der Waals surface area contributed by atoms with Gasteiger partial charge in [-0.3, -0.25) is 4.79 Å². The minimum absolute atomic E-state index is 0.130. The molecule has 4 heteroatoms. The van der Waals surface area contributed by atoms with Gasteiger partial charge in [-0.15, -0.1) is 0 Å².